The van der Waals surface area contributed by atoms with Crippen molar-refractivity contribution in [1.29, 1.82) is 0 Å². The van der Waals surface area contributed by atoms with E-state index in [0.717, 1.165) is 0 Å². The largest absolute Gasteiger partial charge is 0.471 e. The SMILES string of the molecule is CCCC(NC(=O)C(F)(F)F)C(=O)CBr. The fourth-order valence-electron chi connectivity index (χ4n) is 0.936. The number of Topliss-reactive ketones (excluding diaryl/α,β-unsaturated/α-hetero) is 1. The second kappa shape index (κ2) is 6.09. The summed E-state index contributed by atoms with van der Waals surface area (Å²) >= 11 is 2.84. The fraction of sp³-hybridized carbons (Fsp3) is 0.750. The van der Waals surface area contributed by atoms with Gasteiger partial charge < -0.3 is 5.32 Å². The molecule has 0 fully saturated rings. The summed E-state index contributed by atoms with van der Waals surface area (Å²) in [5.74, 6) is -2.54. The number of rotatable bonds is 5. The highest BCUT2D eigenvalue weighted by molar-refractivity contribution is 9.09. The van der Waals surface area contributed by atoms with Crippen LogP contribution in [0.3, 0.4) is 0 Å². The Balaban J connectivity index is 4.42. The summed E-state index contributed by atoms with van der Waals surface area (Å²) in [6, 6.07) is -1.07. The summed E-state index contributed by atoms with van der Waals surface area (Å²) in [5.41, 5.74) is 0. The summed E-state index contributed by atoms with van der Waals surface area (Å²) < 4.78 is 35.6. The molecule has 0 aromatic rings. The Hall–Kier alpha value is -0.590. The molecular weight excluding hydrogens is 279 g/mol. The number of hydrogen-bond acceptors (Lipinski definition) is 2. The normalized spacial score (nSPS) is 13.4. The summed E-state index contributed by atoms with van der Waals surface area (Å²) in [6.07, 6.45) is -4.23. The molecule has 0 spiro atoms. The van der Waals surface area contributed by atoms with Gasteiger partial charge in [-0.3, -0.25) is 9.59 Å². The highest BCUT2D eigenvalue weighted by atomic mass is 79.9. The van der Waals surface area contributed by atoms with Crippen molar-refractivity contribution in [2.45, 2.75) is 32.0 Å². The van der Waals surface area contributed by atoms with Crippen LogP contribution in [-0.2, 0) is 9.59 Å². The van der Waals surface area contributed by atoms with Crippen molar-refractivity contribution >= 4 is 27.6 Å². The molecule has 3 nitrogen and oxygen atoms in total. The fourth-order valence-corrected chi connectivity index (χ4v) is 1.33. The van der Waals surface area contributed by atoms with Crippen molar-refractivity contribution in [3.63, 3.8) is 0 Å². The van der Waals surface area contributed by atoms with Gasteiger partial charge in [-0.1, -0.05) is 29.3 Å². The van der Waals surface area contributed by atoms with E-state index in [1.54, 1.807) is 12.2 Å². The van der Waals surface area contributed by atoms with Crippen molar-refractivity contribution < 1.29 is 22.8 Å². The highest BCUT2D eigenvalue weighted by Crippen LogP contribution is 2.15. The van der Waals surface area contributed by atoms with Crippen LogP contribution in [0.4, 0.5) is 13.2 Å². The zero-order valence-electron chi connectivity index (χ0n) is 8.03. The van der Waals surface area contributed by atoms with Gasteiger partial charge in [0.25, 0.3) is 0 Å². The third-order valence-electron chi connectivity index (χ3n) is 1.66. The number of nitrogens with one attached hydrogen (secondary N) is 1. The minimum absolute atomic E-state index is 0.0736. The molecule has 0 radical (unpaired) electrons. The topological polar surface area (TPSA) is 46.2 Å². The lowest BCUT2D eigenvalue weighted by atomic mass is 10.1. The van der Waals surface area contributed by atoms with Gasteiger partial charge in [-0.25, -0.2) is 0 Å². The average molecular weight is 290 g/mol. The molecule has 0 aliphatic rings. The van der Waals surface area contributed by atoms with Crippen molar-refractivity contribution in [2.24, 2.45) is 0 Å². The molecule has 7 heteroatoms. The summed E-state index contributed by atoms with van der Waals surface area (Å²) in [4.78, 5) is 21.7. The smallest absolute Gasteiger partial charge is 0.338 e. The maximum atomic E-state index is 11.9. The van der Waals surface area contributed by atoms with E-state index < -0.39 is 23.9 Å². The molecule has 1 N–H and O–H groups in total. The van der Waals surface area contributed by atoms with Crippen LogP contribution < -0.4 is 5.32 Å². The third-order valence-corrected chi connectivity index (χ3v) is 2.21. The minimum atomic E-state index is -4.95. The van der Waals surface area contributed by atoms with E-state index in [1.807, 2.05) is 0 Å². The number of ketones is 1. The number of carbonyl (C=O) groups excluding carboxylic acids is 2. The van der Waals surface area contributed by atoms with Gasteiger partial charge in [0.15, 0.2) is 5.78 Å². The Morgan fingerprint density at radius 1 is 1.40 bits per heavy atom. The third kappa shape index (κ3) is 5.15. The molecule has 1 amide bonds. The molecule has 0 aromatic heterocycles. The van der Waals surface area contributed by atoms with Gasteiger partial charge in [-0.2, -0.15) is 13.2 Å². The van der Waals surface area contributed by atoms with E-state index in [0.29, 0.717) is 6.42 Å². The van der Waals surface area contributed by atoms with Crippen LogP contribution in [0.1, 0.15) is 19.8 Å². The molecular formula is C8H11BrF3NO2. The Bertz CT molecular complexity index is 243. The quantitative estimate of drug-likeness (QED) is 0.785. The van der Waals surface area contributed by atoms with Crippen LogP contribution >= 0.6 is 15.9 Å². The van der Waals surface area contributed by atoms with Gasteiger partial charge >= 0.3 is 12.1 Å². The maximum absolute atomic E-state index is 11.9. The Morgan fingerprint density at radius 2 is 1.93 bits per heavy atom. The number of alkyl halides is 4. The lowest BCUT2D eigenvalue weighted by Gasteiger charge is -2.16. The minimum Gasteiger partial charge on any atom is -0.338 e. The van der Waals surface area contributed by atoms with Crippen molar-refractivity contribution in [1.82, 2.24) is 5.32 Å². The first-order chi connectivity index (χ1) is 6.82. The molecule has 0 heterocycles. The van der Waals surface area contributed by atoms with Crippen LogP contribution in [0.25, 0.3) is 0 Å². The monoisotopic (exact) mass is 289 g/mol. The van der Waals surface area contributed by atoms with E-state index in [4.69, 9.17) is 0 Å². The van der Waals surface area contributed by atoms with E-state index in [-0.39, 0.29) is 11.8 Å². The number of carbonyl (C=O) groups is 2. The van der Waals surface area contributed by atoms with E-state index in [1.165, 1.54) is 0 Å². The van der Waals surface area contributed by atoms with Crippen molar-refractivity contribution in [2.75, 3.05) is 5.33 Å². The van der Waals surface area contributed by atoms with E-state index >= 15 is 0 Å². The number of hydrogen-bond donors (Lipinski definition) is 1. The first-order valence-electron chi connectivity index (χ1n) is 4.29. The second-order valence-electron chi connectivity index (χ2n) is 2.91. The molecule has 0 rings (SSSR count). The molecule has 1 atom stereocenters. The summed E-state index contributed by atoms with van der Waals surface area (Å²) in [6.45, 7) is 1.72. The molecule has 0 saturated carbocycles. The second-order valence-corrected chi connectivity index (χ2v) is 3.47. The number of amides is 1. The zero-order chi connectivity index (χ0) is 12.1. The molecule has 0 aliphatic heterocycles. The number of halogens is 4. The lowest BCUT2D eigenvalue weighted by Crippen LogP contribution is -2.47. The van der Waals surface area contributed by atoms with E-state index in [2.05, 4.69) is 15.9 Å². The first kappa shape index (κ1) is 14.4. The van der Waals surface area contributed by atoms with Crippen molar-refractivity contribution in [3.8, 4) is 0 Å². The molecule has 0 aromatic carbocycles. The molecule has 0 bridgehead atoms. The molecule has 88 valence electrons. The van der Waals surface area contributed by atoms with E-state index in [9.17, 15) is 22.8 Å². The molecule has 1 unspecified atom stereocenters. The van der Waals surface area contributed by atoms with Gasteiger partial charge in [-0.15, -0.1) is 0 Å². The van der Waals surface area contributed by atoms with Gasteiger partial charge in [0, 0.05) is 0 Å². The van der Waals surface area contributed by atoms with Crippen LogP contribution in [-0.4, -0.2) is 29.2 Å². The van der Waals surface area contributed by atoms with Gasteiger partial charge in [-0.05, 0) is 6.42 Å². The summed E-state index contributed by atoms with van der Waals surface area (Å²) in [7, 11) is 0. The first-order valence-corrected chi connectivity index (χ1v) is 5.41. The molecule has 0 aliphatic carbocycles. The van der Waals surface area contributed by atoms with Gasteiger partial charge in [0.1, 0.15) is 0 Å². The summed E-state index contributed by atoms with van der Waals surface area (Å²) in [5, 5.41) is 1.59. The van der Waals surface area contributed by atoms with Crippen LogP contribution in [0.5, 0.6) is 0 Å². The van der Waals surface area contributed by atoms with Crippen LogP contribution in [0.15, 0.2) is 0 Å². The maximum Gasteiger partial charge on any atom is 0.471 e. The van der Waals surface area contributed by atoms with Gasteiger partial charge in [0.05, 0.1) is 11.4 Å². The predicted molar refractivity (Wildman–Crippen MR) is 51.7 cm³/mol. The van der Waals surface area contributed by atoms with Gasteiger partial charge in [0.2, 0.25) is 0 Å². The van der Waals surface area contributed by atoms with Crippen LogP contribution in [0, 0.1) is 0 Å². The molecule has 0 saturated heterocycles. The zero-order valence-corrected chi connectivity index (χ0v) is 9.61. The highest BCUT2D eigenvalue weighted by Gasteiger charge is 2.40. The average Bonchev–Trinajstić information content (AvgIpc) is 2.14. The lowest BCUT2D eigenvalue weighted by molar-refractivity contribution is -0.174. The predicted octanol–water partition coefficient (Wildman–Crippen LogP) is 1.80. The molecule has 15 heavy (non-hydrogen) atoms. The Morgan fingerprint density at radius 3 is 2.27 bits per heavy atom. The van der Waals surface area contributed by atoms with Crippen LogP contribution in [0.2, 0.25) is 0 Å². The Kier molecular flexibility index (Phi) is 5.85. The standard InChI is InChI=1S/C8H11BrF3NO2/c1-2-3-5(6(14)4-9)13-7(15)8(10,11)12/h5H,2-4H2,1H3,(H,13,15). The van der Waals surface area contributed by atoms with Crippen molar-refractivity contribution in [3.05, 3.63) is 0 Å². The Labute approximate surface area is 93.5 Å².